The predicted octanol–water partition coefficient (Wildman–Crippen LogP) is 6.80. The summed E-state index contributed by atoms with van der Waals surface area (Å²) in [6.07, 6.45) is 3.56. The SMILES string of the molecule is CC(O)Cc1ccc(C(=CC=CC(=O)Nc2cccc3cnccc23)c2ccc(C(F)(F)F)cc2)cc1. The third-order valence-electron chi connectivity index (χ3n) is 5.77. The normalized spacial score (nSPS) is 13.2. The quantitative estimate of drug-likeness (QED) is 0.216. The Morgan fingerprint density at radius 2 is 1.68 bits per heavy atom. The molecule has 188 valence electrons. The van der Waals surface area contributed by atoms with E-state index >= 15 is 0 Å². The third kappa shape index (κ3) is 6.71. The number of allylic oxidation sites excluding steroid dienone is 2. The Morgan fingerprint density at radius 3 is 2.32 bits per heavy atom. The first kappa shape index (κ1) is 25.9. The second-order valence-corrected chi connectivity index (χ2v) is 8.66. The number of hydrogen-bond acceptors (Lipinski definition) is 3. The van der Waals surface area contributed by atoms with Crippen molar-refractivity contribution in [2.45, 2.75) is 25.6 Å². The highest BCUT2D eigenvalue weighted by atomic mass is 19.4. The van der Waals surface area contributed by atoms with Crippen LogP contribution in [-0.4, -0.2) is 22.1 Å². The summed E-state index contributed by atoms with van der Waals surface area (Å²) in [5.74, 6) is -0.348. The van der Waals surface area contributed by atoms with Crippen LogP contribution in [0.1, 0.15) is 29.2 Å². The maximum absolute atomic E-state index is 13.1. The van der Waals surface area contributed by atoms with Crippen molar-refractivity contribution in [2.75, 3.05) is 5.32 Å². The second-order valence-electron chi connectivity index (χ2n) is 8.66. The largest absolute Gasteiger partial charge is 0.416 e. The van der Waals surface area contributed by atoms with Crippen LogP contribution >= 0.6 is 0 Å². The number of anilines is 1. The molecule has 1 unspecified atom stereocenters. The molecule has 0 aliphatic rings. The number of pyridine rings is 1. The Kier molecular flexibility index (Phi) is 7.84. The highest BCUT2D eigenvalue weighted by Crippen LogP contribution is 2.31. The Bertz CT molecular complexity index is 1430. The fourth-order valence-electron chi connectivity index (χ4n) is 4.00. The summed E-state index contributed by atoms with van der Waals surface area (Å²) >= 11 is 0. The summed E-state index contributed by atoms with van der Waals surface area (Å²) in [6.45, 7) is 1.70. The predicted molar refractivity (Wildman–Crippen MR) is 140 cm³/mol. The topological polar surface area (TPSA) is 62.2 Å². The molecule has 4 nitrogen and oxygen atoms in total. The molecule has 2 N–H and O–H groups in total. The Morgan fingerprint density at radius 1 is 1.00 bits per heavy atom. The van der Waals surface area contributed by atoms with Gasteiger partial charge in [-0.1, -0.05) is 60.7 Å². The molecule has 1 heterocycles. The number of amides is 1. The fourth-order valence-corrected chi connectivity index (χ4v) is 4.00. The van der Waals surface area contributed by atoms with Crippen LogP contribution in [0.25, 0.3) is 16.3 Å². The number of carbonyl (C=O) groups excluding carboxylic acids is 1. The van der Waals surface area contributed by atoms with Crippen molar-refractivity contribution in [3.8, 4) is 0 Å². The Labute approximate surface area is 212 Å². The van der Waals surface area contributed by atoms with Crippen molar-refractivity contribution in [3.05, 3.63) is 126 Å². The molecule has 4 rings (SSSR count). The summed E-state index contributed by atoms with van der Waals surface area (Å²) in [7, 11) is 0. The summed E-state index contributed by atoms with van der Waals surface area (Å²) in [5, 5.41) is 14.2. The van der Waals surface area contributed by atoms with Gasteiger partial charge in [0, 0.05) is 34.9 Å². The van der Waals surface area contributed by atoms with Crippen LogP contribution in [0.5, 0.6) is 0 Å². The van der Waals surface area contributed by atoms with Crippen molar-refractivity contribution in [3.63, 3.8) is 0 Å². The van der Waals surface area contributed by atoms with E-state index in [-0.39, 0.29) is 5.91 Å². The fraction of sp³-hybridized carbons (Fsp3) is 0.133. The van der Waals surface area contributed by atoms with E-state index in [0.717, 1.165) is 34.0 Å². The average molecular weight is 503 g/mol. The minimum absolute atomic E-state index is 0.348. The van der Waals surface area contributed by atoms with Crippen molar-refractivity contribution >= 4 is 27.9 Å². The lowest BCUT2D eigenvalue weighted by molar-refractivity contribution is -0.137. The monoisotopic (exact) mass is 502 g/mol. The molecule has 0 aliphatic heterocycles. The molecule has 0 spiro atoms. The van der Waals surface area contributed by atoms with Gasteiger partial charge in [-0.3, -0.25) is 9.78 Å². The molecule has 37 heavy (non-hydrogen) atoms. The Hall–Kier alpha value is -4.23. The van der Waals surface area contributed by atoms with Crippen LogP contribution in [0.15, 0.2) is 103 Å². The van der Waals surface area contributed by atoms with E-state index in [9.17, 15) is 23.1 Å². The van der Waals surface area contributed by atoms with Gasteiger partial charge in [0.2, 0.25) is 5.91 Å². The minimum atomic E-state index is -4.43. The van der Waals surface area contributed by atoms with Gasteiger partial charge in [-0.15, -0.1) is 0 Å². The summed E-state index contributed by atoms with van der Waals surface area (Å²) in [4.78, 5) is 16.7. The van der Waals surface area contributed by atoms with Crippen LogP contribution in [-0.2, 0) is 17.4 Å². The number of aliphatic hydroxyl groups is 1. The van der Waals surface area contributed by atoms with Gasteiger partial charge in [-0.2, -0.15) is 13.2 Å². The van der Waals surface area contributed by atoms with Crippen molar-refractivity contribution in [1.29, 1.82) is 0 Å². The molecule has 0 radical (unpaired) electrons. The first-order valence-electron chi connectivity index (χ1n) is 11.7. The summed E-state index contributed by atoms with van der Waals surface area (Å²) < 4.78 is 39.2. The first-order chi connectivity index (χ1) is 17.7. The number of aliphatic hydroxyl groups excluding tert-OH is 1. The van der Waals surface area contributed by atoms with Crippen LogP contribution in [0.4, 0.5) is 18.9 Å². The lowest BCUT2D eigenvalue weighted by atomic mass is 9.95. The lowest BCUT2D eigenvalue weighted by Gasteiger charge is -2.12. The molecule has 1 aromatic heterocycles. The van der Waals surface area contributed by atoms with Gasteiger partial charge >= 0.3 is 6.18 Å². The number of alkyl halides is 3. The molecular weight excluding hydrogens is 477 g/mol. The zero-order valence-electron chi connectivity index (χ0n) is 20.0. The van der Waals surface area contributed by atoms with E-state index in [4.69, 9.17) is 0 Å². The zero-order chi connectivity index (χ0) is 26.4. The molecule has 4 aromatic rings. The maximum atomic E-state index is 13.1. The Balaban J connectivity index is 1.61. The standard InChI is InChI=1S/C30H25F3N2O2/c1-20(36)18-21-8-10-22(11-9-21)26(23-12-14-25(15-13-23)30(31,32)33)5-3-7-29(37)35-28-6-2-4-24-19-34-17-16-27(24)28/h2-17,19-20,36H,18H2,1H3,(H,35,37). The van der Waals surface area contributed by atoms with Gasteiger partial charge in [0.1, 0.15) is 0 Å². The summed E-state index contributed by atoms with van der Waals surface area (Å²) in [6, 6.07) is 19.7. The smallest absolute Gasteiger partial charge is 0.393 e. The first-order valence-corrected chi connectivity index (χ1v) is 11.7. The van der Waals surface area contributed by atoms with Crippen LogP contribution < -0.4 is 5.32 Å². The minimum Gasteiger partial charge on any atom is -0.393 e. The second kappa shape index (κ2) is 11.2. The summed E-state index contributed by atoms with van der Waals surface area (Å²) in [5.41, 5.74) is 2.84. The highest BCUT2D eigenvalue weighted by Gasteiger charge is 2.30. The van der Waals surface area contributed by atoms with E-state index < -0.39 is 17.8 Å². The molecule has 0 bridgehead atoms. The van der Waals surface area contributed by atoms with Crippen LogP contribution in [0.2, 0.25) is 0 Å². The van der Waals surface area contributed by atoms with E-state index in [1.54, 1.807) is 37.5 Å². The van der Waals surface area contributed by atoms with E-state index in [1.807, 2.05) is 42.5 Å². The molecule has 7 heteroatoms. The molecule has 0 saturated heterocycles. The number of nitrogens with one attached hydrogen (secondary N) is 1. The average Bonchev–Trinajstić information content (AvgIpc) is 2.87. The van der Waals surface area contributed by atoms with E-state index in [2.05, 4.69) is 10.3 Å². The van der Waals surface area contributed by atoms with Gasteiger partial charge in [-0.05, 0) is 59.9 Å². The van der Waals surface area contributed by atoms with E-state index in [1.165, 1.54) is 18.2 Å². The third-order valence-corrected chi connectivity index (χ3v) is 5.77. The van der Waals surface area contributed by atoms with Crippen molar-refractivity contribution in [2.24, 2.45) is 0 Å². The molecule has 0 saturated carbocycles. The molecule has 1 atom stereocenters. The number of halogens is 3. The van der Waals surface area contributed by atoms with Gasteiger partial charge in [0.15, 0.2) is 0 Å². The molecule has 3 aromatic carbocycles. The van der Waals surface area contributed by atoms with Gasteiger partial charge in [-0.25, -0.2) is 0 Å². The zero-order valence-corrected chi connectivity index (χ0v) is 20.0. The van der Waals surface area contributed by atoms with Crippen LogP contribution in [0, 0.1) is 0 Å². The number of benzene rings is 3. The van der Waals surface area contributed by atoms with Crippen molar-refractivity contribution in [1.82, 2.24) is 4.98 Å². The number of hydrogen-bond donors (Lipinski definition) is 2. The van der Waals surface area contributed by atoms with Crippen LogP contribution in [0.3, 0.4) is 0 Å². The van der Waals surface area contributed by atoms with E-state index in [0.29, 0.717) is 23.2 Å². The molecule has 1 amide bonds. The maximum Gasteiger partial charge on any atom is 0.416 e. The lowest BCUT2D eigenvalue weighted by Crippen LogP contribution is -2.08. The highest BCUT2D eigenvalue weighted by molar-refractivity contribution is 6.06. The van der Waals surface area contributed by atoms with Crippen molar-refractivity contribution < 1.29 is 23.1 Å². The molecule has 0 fully saturated rings. The number of rotatable bonds is 7. The van der Waals surface area contributed by atoms with Gasteiger partial charge in [0.05, 0.1) is 11.7 Å². The van der Waals surface area contributed by atoms with Gasteiger partial charge in [0.25, 0.3) is 0 Å². The van der Waals surface area contributed by atoms with Gasteiger partial charge < -0.3 is 10.4 Å². The number of fused-ring (bicyclic) bond motifs is 1. The molecule has 0 aliphatic carbocycles. The number of nitrogens with zero attached hydrogens (tertiary/aromatic N) is 1. The molecular formula is C30H25F3N2O2. The number of carbonyl (C=O) groups is 1. The number of aromatic nitrogens is 1.